The molecular formula is C16H20N4O. The monoisotopic (exact) mass is 284 g/mol. The van der Waals surface area contributed by atoms with E-state index in [2.05, 4.69) is 27.9 Å². The Morgan fingerprint density at radius 2 is 1.86 bits per heavy atom. The van der Waals surface area contributed by atoms with E-state index in [-0.39, 0.29) is 12.1 Å². The van der Waals surface area contributed by atoms with Crippen molar-refractivity contribution in [3.63, 3.8) is 0 Å². The zero-order chi connectivity index (χ0) is 15.2. The number of benzene rings is 1. The molecule has 0 aliphatic heterocycles. The Bertz CT molecular complexity index is 610. The lowest BCUT2D eigenvalue weighted by Crippen LogP contribution is -2.20. The van der Waals surface area contributed by atoms with Crippen LogP contribution in [0.5, 0.6) is 0 Å². The molecular weight excluding hydrogens is 264 g/mol. The van der Waals surface area contributed by atoms with E-state index in [0.717, 1.165) is 16.9 Å². The molecule has 0 aliphatic rings. The molecule has 1 atom stereocenters. The number of amides is 2. The highest BCUT2D eigenvalue weighted by Gasteiger charge is 2.06. The average molecular weight is 284 g/mol. The maximum absolute atomic E-state index is 12.0. The lowest BCUT2D eigenvalue weighted by atomic mass is 10.1. The summed E-state index contributed by atoms with van der Waals surface area (Å²) in [6, 6.07) is 9.56. The van der Waals surface area contributed by atoms with E-state index in [4.69, 9.17) is 0 Å². The summed E-state index contributed by atoms with van der Waals surface area (Å²) in [7, 11) is 1.92. The number of aromatic nitrogens is 1. The van der Waals surface area contributed by atoms with Gasteiger partial charge in [0.15, 0.2) is 0 Å². The first kappa shape index (κ1) is 15.0. The van der Waals surface area contributed by atoms with Crippen LogP contribution >= 0.6 is 0 Å². The summed E-state index contributed by atoms with van der Waals surface area (Å²) < 4.78 is 0. The van der Waals surface area contributed by atoms with Gasteiger partial charge < -0.3 is 16.0 Å². The molecule has 110 valence electrons. The summed E-state index contributed by atoms with van der Waals surface area (Å²) in [6.07, 6.45) is 3.36. The highest BCUT2D eigenvalue weighted by atomic mass is 16.2. The normalized spacial score (nSPS) is 11.8. The molecule has 21 heavy (non-hydrogen) atoms. The number of carbonyl (C=O) groups excluding carboxylic acids is 1. The Morgan fingerprint density at radius 3 is 2.48 bits per heavy atom. The van der Waals surface area contributed by atoms with Gasteiger partial charge in [0, 0.05) is 29.8 Å². The molecule has 0 bridgehead atoms. The molecule has 1 aromatic heterocycles. The third-order valence-electron chi connectivity index (χ3n) is 3.37. The Hall–Kier alpha value is -2.40. The molecule has 2 amide bonds. The topological polar surface area (TPSA) is 66.0 Å². The predicted molar refractivity (Wildman–Crippen MR) is 85.5 cm³/mol. The summed E-state index contributed by atoms with van der Waals surface area (Å²) in [5, 5.41) is 8.79. The number of nitrogens with one attached hydrogen (secondary N) is 3. The van der Waals surface area contributed by atoms with Crippen molar-refractivity contribution in [2.24, 2.45) is 0 Å². The van der Waals surface area contributed by atoms with Gasteiger partial charge in [0.2, 0.25) is 0 Å². The number of pyridine rings is 1. The van der Waals surface area contributed by atoms with E-state index in [9.17, 15) is 4.79 Å². The standard InChI is InChI=1S/C16H20N4O/c1-11-10-18-9-8-15(11)20-16(21)19-14-6-4-13(5-7-14)12(2)17-3/h4-10,12,17H,1-3H3,(H2,18,19,20,21). The second-order valence-corrected chi connectivity index (χ2v) is 4.90. The predicted octanol–water partition coefficient (Wildman–Crippen LogP) is 3.31. The van der Waals surface area contributed by atoms with E-state index in [1.165, 1.54) is 5.56 Å². The number of urea groups is 1. The summed E-state index contributed by atoms with van der Waals surface area (Å²) >= 11 is 0. The summed E-state index contributed by atoms with van der Waals surface area (Å²) in [4.78, 5) is 15.9. The SMILES string of the molecule is CNC(C)c1ccc(NC(=O)Nc2ccncc2C)cc1. The maximum Gasteiger partial charge on any atom is 0.323 e. The van der Waals surface area contributed by atoms with Gasteiger partial charge in [-0.3, -0.25) is 4.98 Å². The van der Waals surface area contributed by atoms with Gasteiger partial charge in [-0.1, -0.05) is 12.1 Å². The Kier molecular flexibility index (Phi) is 4.90. The Balaban J connectivity index is 1.98. The fraction of sp³-hybridized carbons (Fsp3) is 0.250. The quantitative estimate of drug-likeness (QED) is 0.807. The minimum absolute atomic E-state index is 0.265. The van der Waals surface area contributed by atoms with Crippen molar-refractivity contribution in [2.45, 2.75) is 19.9 Å². The van der Waals surface area contributed by atoms with Crippen LogP contribution in [0.1, 0.15) is 24.1 Å². The molecule has 1 heterocycles. The van der Waals surface area contributed by atoms with Crippen LogP contribution in [-0.4, -0.2) is 18.1 Å². The van der Waals surface area contributed by atoms with Gasteiger partial charge in [0.1, 0.15) is 0 Å². The van der Waals surface area contributed by atoms with E-state index in [1.54, 1.807) is 18.5 Å². The first-order chi connectivity index (χ1) is 10.1. The smallest absolute Gasteiger partial charge is 0.313 e. The highest BCUT2D eigenvalue weighted by Crippen LogP contribution is 2.16. The maximum atomic E-state index is 12.0. The number of carbonyl (C=O) groups is 1. The van der Waals surface area contributed by atoms with E-state index >= 15 is 0 Å². The molecule has 2 aromatic rings. The van der Waals surface area contributed by atoms with E-state index in [1.807, 2.05) is 38.2 Å². The van der Waals surface area contributed by atoms with Crippen molar-refractivity contribution < 1.29 is 4.79 Å². The number of rotatable bonds is 4. The van der Waals surface area contributed by atoms with Crippen LogP contribution in [0.4, 0.5) is 16.2 Å². The van der Waals surface area contributed by atoms with Crippen molar-refractivity contribution in [2.75, 3.05) is 17.7 Å². The number of nitrogens with zero attached hydrogens (tertiary/aromatic N) is 1. The van der Waals surface area contributed by atoms with Crippen LogP contribution in [0.3, 0.4) is 0 Å². The third kappa shape index (κ3) is 4.03. The molecule has 0 spiro atoms. The van der Waals surface area contributed by atoms with Gasteiger partial charge in [-0.2, -0.15) is 0 Å². The minimum Gasteiger partial charge on any atom is -0.313 e. The summed E-state index contributed by atoms with van der Waals surface area (Å²) in [6.45, 7) is 3.98. The van der Waals surface area contributed by atoms with Gasteiger partial charge in [-0.15, -0.1) is 0 Å². The summed E-state index contributed by atoms with van der Waals surface area (Å²) in [5.41, 5.74) is 3.61. The van der Waals surface area contributed by atoms with Gasteiger partial charge in [-0.25, -0.2) is 4.79 Å². The molecule has 0 fully saturated rings. The molecule has 0 radical (unpaired) electrons. The van der Waals surface area contributed by atoms with Crippen LogP contribution < -0.4 is 16.0 Å². The molecule has 5 nitrogen and oxygen atoms in total. The van der Waals surface area contributed by atoms with Crippen LogP contribution in [0.15, 0.2) is 42.7 Å². The lowest BCUT2D eigenvalue weighted by Gasteiger charge is -2.12. The average Bonchev–Trinajstić information content (AvgIpc) is 2.49. The highest BCUT2D eigenvalue weighted by molar-refractivity contribution is 6.00. The van der Waals surface area contributed by atoms with Crippen molar-refractivity contribution in [3.8, 4) is 0 Å². The first-order valence-electron chi connectivity index (χ1n) is 6.86. The van der Waals surface area contributed by atoms with Crippen molar-refractivity contribution in [1.82, 2.24) is 10.3 Å². The fourth-order valence-corrected chi connectivity index (χ4v) is 1.92. The fourth-order valence-electron chi connectivity index (χ4n) is 1.92. The number of aryl methyl sites for hydroxylation is 1. The number of anilines is 2. The van der Waals surface area contributed by atoms with Crippen molar-refractivity contribution in [3.05, 3.63) is 53.9 Å². The molecule has 5 heteroatoms. The zero-order valence-corrected chi connectivity index (χ0v) is 12.5. The molecule has 2 rings (SSSR count). The van der Waals surface area contributed by atoms with Gasteiger partial charge in [0.05, 0.1) is 0 Å². The van der Waals surface area contributed by atoms with Crippen LogP contribution in [0.25, 0.3) is 0 Å². The first-order valence-corrected chi connectivity index (χ1v) is 6.86. The molecule has 3 N–H and O–H groups in total. The second kappa shape index (κ2) is 6.85. The Labute approximate surface area is 124 Å². The minimum atomic E-state index is -0.265. The van der Waals surface area contributed by atoms with Crippen LogP contribution in [-0.2, 0) is 0 Å². The van der Waals surface area contributed by atoms with Crippen molar-refractivity contribution in [1.29, 1.82) is 0 Å². The third-order valence-corrected chi connectivity index (χ3v) is 3.37. The van der Waals surface area contributed by atoms with E-state index < -0.39 is 0 Å². The van der Waals surface area contributed by atoms with Gasteiger partial charge in [-0.05, 0) is 50.2 Å². The van der Waals surface area contributed by atoms with E-state index in [0.29, 0.717) is 0 Å². The number of hydrogen-bond donors (Lipinski definition) is 3. The lowest BCUT2D eigenvalue weighted by molar-refractivity contribution is 0.262. The summed E-state index contributed by atoms with van der Waals surface area (Å²) in [5.74, 6) is 0. The molecule has 1 aromatic carbocycles. The molecule has 1 unspecified atom stereocenters. The van der Waals surface area contributed by atoms with Gasteiger partial charge in [0.25, 0.3) is 0 Å². The molecule has 0 saturated heterocycles. The molecule has 0 saturated carbocycles. The van der Waals surface area contributed by atoms with Gasteiger partial charge >= 0.3 is 6.03 Å². The van der Waals surface area contributed by atoms with Crippen LogP contribution in [0, 0.1) is 6.92 Å². The van der Waals surface area contributed by atoms with Crippen LogP contribution in [0.2, 0.25) is 0 Å². The second-order valence-electron chi connectivity index (χ2n) is 4.90. The molecule has 0 aliphatic carbocycles. The Morgan fingerprint density at radius 1 is 1.14 bits per heavy atom. The zero-order valence-electron chi connectivity index (χ0n) is 12.5. The largest absolute Gasteiger partial charge is 0.323 e. The van der Waals surface area contributed by atoms with Crippen molar-refractivity contribution >= 4 is 17.4 Å². The number of hydrogen-bond acceptors (Lipinski definition) is 3.